The fraction of sp³-hybridized carbons (Fsp3) is 0.692. The summed E-state index contributed by atoms with van der Waals surface area (Å²) in [6.07, 6.45) is 7.66. The van der Waals surface area contributed by atoms with Gasteiger partial charge in [0, 0.05) is 5.41 Å². The van der Waals surface area contributed by atoms with Crippen molar-refractivity contribution in [3.05, 3.63) is 29.3 Å². The second-order valence-corrected chi connectivity index (χ2v) is 11.0. The summed E-state index contributed by atoms with van der Waals surface area (Å²) in [7, 11) is 0. The molecule has 0 bridgehead atoms. The van der Waals surface area contributed by atoms with E-state index in [1.807, 2.05) is 6.07 Å². The fourth-order valence-electron chi connectivity index (χ4n) is 6.86. The van der Waals surface area contributed by atoms with Crippen LogP contribution in [0.2, 0.25) is 0 Å². The molecular formula is C26H32O5. The maximum atomic E-state index is 12.4. The van der Waals surface area contributed by atoms with Gasteiger partial charge in [0.2, 0.25) is 0 Å². The number of benzene rings is 1. The smallest absolute Gasteiger partial charge is 0.314 e. The third-order valence-electron chi connectivity index (χ3n) is 8.91. The first-order chi connectivity index (χ1) is 14.9. The Balaban J connectivity index is 1.21. The van der Waals surface area contributed by atoms with E-state index in [1.165, 1.54) is 11.1 Å². The van der Waals surface area contributed by atoms with Crippen LogP contribution >= 0.6 is 0 Å². The van der Waals surface area contributed by atoms with E-state index in [0.717, 1.165) is 57.8 Å². The third-order valence-corrected chi connectivity index (χ3v) is 8.91. The summed E-state index contributed by atoms with van der Waals surface area (Å²) in [6, 6.07) is 6.20. The number of aryl methyl sites for hydroxylation is 1. The predicted molar refractivity (Wildman–Crippen MR) is 113 cm³/mol. The Labute approximate surface area is 183 Å². The molecule has 4 saturated carbocycles. The van der Waals surface area contributed by atoms with Crippen LogP contribution in [0.25, 0.3) is 0 Å². The number of hydrogen-bond acceptors (Lipinski definition) is 5. The van der Waals surface area contributed by atoms with Crippen molar-refractivity contribution in [1.29, 1.82) is 0 Å². The first-order valence-electron chi connectivity index (χ1n) is 12.2. The summed E-state index contributed by atoms with van der Waals surface area (Å²) < 4.78 is 11.5. The number of aliphatic hydroxyl groups is 1. The number of esters is 2. The lowest BCUT2D eigenvalue weighted by Crippen LogP contribution is -2.46. The van der Waals surface area contributed by atoms with Crippen molar-refractivity contribution < 1.29 is 24.2 Å². The number of fused-ring (bicyclic) bond motifs is 5. The van der Waals surface area contributed by atoms with Crippen LogP contribution in [-0.4, -0.2) is 29.3 Å². The lowest BCUT2D eigenvalue weighted by Gasteiger charge is -2.50. The Morgan fingerprint density at radius 2 is 1.77 bits per heavy atom. The van der Waals surface area contributed by atoms with Crippen LogP contribution in [-0.2, 0) is 20.7 Å². The predicted octanol–water partition coefficient (Wildman–Crippen LogP) is 4.15. The van der Waals surface area contributed by atoms with Gasteiger partial charge in [-0.05, 0) is 98.8 Å². The number of rotatable bonds is 4. The maximum absolute atomic E-state index is 12.4. The molecule has 0 aliphatic heterocycles. The molecule has 3 unspecified atom stereocenters. The van der Waals surface area contributed by atoms with E-state index in [-0.39, 0.29) is 35.3 Å². The highest BCUT2D eigenvalue weighted by atomic mass is 16.6. The molecule has 1 N–H and O–H groups in total. The van der Waals surface area contributed by atoms with Crippen LogP contribution in [0.3, 0.4) is 0 Å². The highest BCUT2D eigenvalue weighted by Crippen LogP contribution is 2.61. The Hall–Kier alpha value is -1.88. The van der Waals surface area contributed by atoms with Gasteiger partial charge < -0.3 is 14.6 Å². The maximum Gasteiger partial charge on any atom is 0.314 e. The summed E-state index contributed by atoms with van der Waals surface area (Å²) in [5.74, 6) is 2.01. The van der Waals surface area contributed by atoms with Gasteiger partial charge in [0.15, 0.2) is 0 Å². The Morgan fingerprint density at radius 3 is 2.52 bits per heavy atom. The number of hydrogen-bond donors (Lipinski definition) is 1. The van der Waals surface area contributed by atoms with Crippen LogP contribution in [0.1, 0.15) is 75.3 Å². The molecule has 1 aromatic carbocycles. The Bertz CT molecular complexity index is 916. The molecule has 166 valence electrons. The summed E-state index contributed by atoms with van der Waals surface area (Å²) in [6.45, 7) is 2.24. The molecule has 0 amide bonds. The third kappa shape index (κ3) is 3.31. The van der Waals surface area contributed by atoms with Crippen molar-refractivity contribution in [2.75, 3.05) is 0 Å². The van der Waals surface area contributed by atoms with E-state index in [2.05, 4.69) is 19.1 Å². The average molecular weight is 425 g/mol. The molecular weight excluding hydrogens is 392 g/mol. The van der Waals surface area contributed by atoms with Gasteiger partial charge in [0.1, 0.15) is 11.9 Å². The molecule has 5 aliphatic rings. The number of carbonyl (C=O) groups excluding carboxylic acids is 2. The van der Waals surface area contributed by atoms with Gasteiger partial charge in [-0.3, -0.25) is 9.59 Å². The van der Waals surface area contributed by atoms with Crippen LogP contribution in [0.5, 0.6) is 5.75 Å². The largest absolute Gasteiger partial charge is 0.459 e. The molecule has 5 heteroatoms. The zero-order valence-electron chi connectivity index (χ0n) is 18.2. The zero-order chi connectivity index (χ0) is 21.3. The monoisotopic (exact) mass is 424 g/mol. The molecule has 0 saturated heterocycles. The highest BCUT2D eigenvalue weighted by molar-refractivity contribution is 5.77. The molecule has 1 aromatic rings. The highest BCUT2D eigenvalue weighted by Gasteiger charge is 2.60. The van der Waals surface area contributed by atoms with Crippen molar-refractivity contribution >= 4 is 11.9 Å². The Morgan fingerprint density at radius 1 is 1.03 bits per heavy atom. The van der Waals surface area contributed by atoms with Crippen molar-refractivity contribution in [3.8, 4) is 5.75 Å². The van der Waals surface area contributed by atoms with Gasteiger partial charge in [0.25, 0.3) is 0 Å². The normalized spacial score (nSPS) is 38.6. The van der Waals surface area contributed by atoms with Crippen LogP contribution in [0.15, 0.2) is 18.2 Å². The number of carbonyl (C=O) groups is 2. The van der Waals surface area contributed by atoms with E-state index in [0.29, 0.717) is 23.5 Å². The second kappa shape index (κ2) is 7.06. The van der Waals surface area contributed by atoms with Gasteiger partial charge in [-0.15, -0.1) is 0 Å². The van der Waals surface area contributed by atoms with Gasteiger partial charge in [-0.2, -0.15) is 0 Å². The van der Waals surface area contributed by atoms with Crippen LogP contribution in [0, 0.1) is 29.1 Å². The molecule has 6 rings (SSSR count). The van der Waals surface area contributed by atoms with Crippen LogP contribution in [0.4, 0.5) is 0 Å². The summed E-state index contributed by atoms with van der Waals surface area (Å²) in [5, 5.41) is 10.9. The minimum atomic E-state index is -0.554. The molecule has 31 heavy (non-hydrogen) atoms. The van der Waals surface area contributed by atoms with Gasteiger partial charge in [-0.1, -0.05) is 13.0 Å². The first kappa shape index (κ1) is 19.8. The number of aliphatic hydroxyl groups excluding tert-OH is 1. The molecule has 0 aromatic heterocycles. The van der Waals surface area contributed by atoms with Crippen molar-refractivity contribution in [3.63, 3.8) is 0 Å². The van der Waals surface area contributed by atoms with E-state index < -0.39 is 6.10 Å². The lowest BCUT2D eigenvalue weighted by atomic mass is 9.55. The van der Waals surface area contributed by atoms with Gasteiger partial charge in [0.05, 0.1) is 17.9 Å². The zero-order valence-corrected chi connectivity index (χ0v) is 18.2. The summed E-state index contributed by atoms with van der Waals surface area (Å²) in [5.41, 5.74) is 2.56. The second-order valence-electron chi connectivity index (χ2n) is 11.0. The van der Waals surface area contributed by atoms with Gasteiger partial charge in [-0.25, -0.2) is 0 Å². The minimum absolute atomic E-state index is 0.0657. The molecule has 6 atom stereocenters. The van der Waals surface area contributed by atoms with Gasteiger partial charge >= 0.3 is 11.9 Å². The van der Waals surface area contributed by atoms with E-state index in [4.69, 9.17) is 9.47 Å². The molecule has 0 radical (unpaired) electrons. The topological polar surface area (TPSA) is 72.8 Å². The summed E-state index contributed by atoms with van der Waals surface area (Å²) >= 11 is 0. The summed E-state index contributed by atoms with van der Waals surface area (Å²) in [4.78, 5) is 24.4. The molecule has 5 nitrogen and oxygen atoms in total. The van der Waals surface area contributed by atoms with Crippen molar-refractivity contribution in [2.45, 2.75) is 82.8 Å². The standard InChI is InChI=1S/C26H32O5/c1-26-11-10-19-18-9-7-17(30-24(28)14-2-3-14)12-16(18)6-8-20(19)21(26)13-22(27)23(26)31-25(29)15-4-5-15/h7,9,12,14-15,19-23,27H,2-6,8,10-11,13H2,1H3/t19?,20?,21?,22-,23+,26+/m1/s1. The Kier molecular flexibility index (Phi) is 4.51. The minimum Gasteiger partial charge on any atom is -0.459 e. The molecule has 0 spiro atoms. The quantitative estimate of drug-likeness (QED) is 0.581. The lowest BCUT2D eigenvalue weighted by molar-refractivity contribution is -0.165. The fourth-order valence-corrected chi connectivity index (χ4v) is 6.86. The molecule has 4 fully saturated rings. The number of ether oxygens (including phenoxy) is 2. The van der Waals surface area contributed by atoms with Crippen molar-refractivity contribution in [2.24, 2.45) is 29.1 Å². The van der Waals surface area contributed by atoms with E-state index in [1.54, 1.807) is 0 Å². The average Bonchev–Trinajstić information content (AvgIpc) is 3.65. The SMILES string of the molecule is C[C@]12CCC3c4ccc(OC(=O)C5CC5)cc4CCC3C1C[C@@H](O)[C@@H]2OC(=O)C1CC1. The van der Waals surface area contributed by atoms with E-state index in [9.17, 15) is 14.7 Å². The molecule has 5 aliphatic carbocycles. The van der Waals surface area contributed by atoms with Crippen molar-refractivity contribution in [1.82, 2.24) is 0 Å². The van der Waals surface area contributed by atoms with Crippen LogP contribution < -0.4 is 4.74 Å². The first-order valence-corrected chi connectivity index (χ1v) is 12.2. The van der Waals surface area contributed by atoms with E-state index >= 15 is 0 Å². The molecule has 0 heterocycles.